The van der Waals surface area contributed by atoms with Gasteiger partial charge >= 0.3 is 0 Å². The van der Waals surface area contributed by atoms with Crippen molar-refractivity contribution in [2.24, 2.45) is 11.5 Å². The van der Waals surface area contributed by atoms with Crippen LogP contribution in [0.25, 0.3) is 0 Å². The van der Waals surface area contributed by atoms with E-state index in [0.717, 1.165) is 19.3 Å². The lowest BCUT2D eigenvalue weighted by molar-refractivity contribution is -0.119. The summed E-state index contributed by atoms with van der Waals surface area (Å²) in [5.74, 6) is -0.121. The molecule has 0 aromatic heterocycles. The van der Waals surface area contributed by atoms with E-state index in [1.54, 1.807) is 6.92 Å². The third kappa shape index (κ3) is 23.2. The van der Waals surface area contributed by atoms with E-state index in [0.29, 0.717) is 6.42 Å². The number of Topliss-reactive ketones (excluding diaryl/α,β-unsaturated/α-hetero) is 1. The largest absolute Gasteiger partial charge is 0.368 e. The summed E-state index contributed by atoms with van der Waals surface area (Å²) in [6, 6.07) is -0.444. The van der Waals surface area contributed by atoms with E-state index in [9.17, 15) is 9.59 Å². The molecule has 0 aliphatic carbocycles. The van der Waals surface area contributed by atoms with Gasteiger partial charge in [-0.05, 0) is 19.8 Å². The van der Waals surface area contributed by atoms with Gasteiger partial charge < -0.3 is 16.3 Å². The smallest absolute Gasteiger partial charge is 0.234 e. The number of amides is 1. The number of carbonyl (C=O) groups excluding carboxylic acids is 2. The molecule has 1 unspecified atom stereocenters. The van der Waals surface area contributed by atoms with Crippen molar-refractivity contribution in [3.63, 3.8) is 0 Å². The molecule has 0 spiro atoms. The Morgan fingerprint density at radius 1 is 1.12 bits per heavy atom. The number of hydrogen-bond donors (Lipinski definition) is 2. The minimum Gasteiger partial charge on any atom is -0.368 e. The molecule has 1 atom stereocenters. The second kappa shape index (κ2) is 16.5. The predicted octanol–water partition coefficient (Wildman–Crippen LogP) is 2.00. The molecule has 0 saturated heterocycles. The number of rotatable bonds is 5. The Morgan fingerprint density at radius 2 is 1.56 bits per heavy atom. The number of nitrogens with two attached hydrogens (primary N) is 2. The van der Waals surface area contributed by atoms with Crippen LogP contribution in [0, 0.1) is 0 Å². The Bertz CT molecular complexity index is 170. The van der Waals surface area contributed by atoms with Gasteiger partial charge in [0.25, 0.3) is 0 Å². The second-order valence-corrected chi connectivity index (χ2v) is 3.25. The number of carbonyl (C=O) groups is 2. The number of hydrogen-bond acceptors (Lipinski definition) is 3. The molecule has 0 rings (SSSR count). The molecular formula is C12H28N2O2. The molecule has 0 saturated carbocycles. The Kier molecular flexibility index (Phi) is 21.2. The minimum atomic E-state index is -0.444. The zero-order valence-electron chi connectivity index (χ0n) is 11.4. The van der Waals surface area contributed by atoms with Crippen molar-refractivity contribution in [1.29, 1.82) is 0 Å². The van der Waals surface area contributed by atoms with E-state index in [1.807, 2.05) is 27.7 Å². The normalized spacial score (nSPS) is 10.1. The fraction of sp³-hybridized carbons (Fsp3) is 0.833. The zero-order valence-corrected chi connectivity index (χ0v) is 11.4. The predicted molar refractivity (Wildman–Crippen MR) is 69.0 cm³/mol. The van der Waals surface area contributed by atoms with Crippen molar-refractivity contribution >= 4 is 11.7 Å². The molecule has 4 nitrogen and oxygen atoms in total. The molecule has 0 aromatic rings. The first-order chi connectivity index (χ1) is 7.45. The van der Waals surface area contributed by atoms with E-state index < -0.39 is 11.9 Å². The summed E-state index contributed by atoms with van der Waals surface area (Å²) < 4.78 is 0. The molecule has 0 aromatic carbocycles. The van der Waals surface area contributed by atoms with E-state index in [4.69, 9.17) is 11.5 Å². The van der Waals surface area contributed by atoms with Gasteiger partial charge in [0.2, 0.25) is 5.91 Å². The van der Waals surface area contributed by atoms with Gasteiger partial charge in [0.15, 0.2) is 0 Å². The molecule has 0 aliphatic heterocycles. The van der Waals surface area contributed by atoms with Crippen molar-refractivity contribution in [3.05, 3.63) is 0 Å². The lowest BCUT2D eigenvalue weighted by atomic mass is 10.2. The first-order valence-electron chi connectivity index (χ1n) is 5.99. The molecule has 1 amide bonds. The van der Waals surface area contributed by atoms with Crippen LogP contribution in [0.15, 0.2) is 0 Å². The highest BCUT2D eigenvalue weighted by Crippen LogP contribution is 1.89. The molecule has 4 heteroatoms. The first-order valence-corrected chi connectivity index (χ1v) is 5.99. The van der Waals surface area contributed by atoms with E-state index >= 15 is 0 Å². The van der Waals surface area contributed by atoms with Crippen LogP contribution in [-0.2, 0) is 9.59 Å². The monoisotopic (exact) mass is 232 g/mol. The van der Waals surface area contributed by atoms with Crippen LogP contribution in [0.4, 0.5) is 0 Å². The van der Waals surface area contributed by atoms with Crippen molar-refractivity contribution in [3.8, 4) is 0 Å². The first kappa shape index (κ1) is 20.5. The summed E-state index contributed by atoms with van der Waals surface area (Å²) in [6.45, 7) is 9.58. The van der Waals surface area contributed by atoms with Gasteiger partial charge in [-0.25, -0.2) is 0 Å². The van der Waals surface area contributed by atoms with Crippen LogP contribution in [0.5, 0.6) is 0 Å². The van der Waals surface area contributed by atoms with E-state index in [2.05, 4.69) is 0 Å². The molecular weight excluding hydrogens is 204 g/mol. The maximum absolute atomic E-state index is 10.2. The van der Waals surface area contributed by atoms with E-state index in [-0.39, 0.29) is 5.78 Å². The van der Waals surface area contributed by atoms with Gasteiger partial charge in [-0.2, -0.15) is 0 Å². The molecule has 16 heavy (non-hydrogen) atoms. The van der Waals surface area contributed by atoms with Crippen molar-refractivity contribution in [1.82, 2.24) is 0 Å². The summed E-state index contributed by atoms with van der Waals surface area (Å²) in [7, 11) is 0. The maximum atomic E-state index is 10.2. The third-order valence-electron chi connectivity index (χ3n) is 1.57. The van der Waals surface area contributed by atoms with Crippen molar-refractivity contribution in [2.75, 3.05) is 0 Å². The highest BCUT2D eigenvalue weighted by atomic mass is 16.1. The summed E-state index contributed by atoms with van der Waals surface area (Å²) in [6.07, 6.45) is 3.31. The molecule has 0 bridgehead atoms. The van der Waals surface area contributed by atoms with E-state index in [1.165, 1.54) is 0 Å². The molecule has 0 heterocycles. The highest BCUT2D eigenvalue weighted by Gasteiger charge is 2.05. The molecule has 0 radical (unpaired) electrons. The summed E-state index contributed by atoms with van der Waals surface area (Å²) in [5.41, 5.74) is 10.1. The van der Waals surface area contributed by atoms with Gasteiger partial charge in [0.1, 0.15) is 5.78 Å². The minimum absolute atomic E-state index is 0.289. The highest BCUT2D eigenvalue weighted by molar-refractivity contribution is 5.79. The fourth-order valence-corrected chi connectivity index (χ4v) is 0.805. The number of ketones is 1. The van der Waals surface area contributed by atoms with Gasteiger partial charge in [-0.15, -0.1) is 0 Å². The Hall–Kier alpha value is -0.900. The Labute approximate surface area is 99.8 Å². The lowest BCUT2D eigenvalue weighted by Crippen LogP contribution is -2.35. The standard InChI is InChI=1S/C5H12N2O.C5H10O.C2H6/c1-2-3-4(6)5(7)8;1-3-4-5(2)6;1-2/h4H,2-3,6H2,1H3,(H2,7,8);3-4H2,1-2H3;1-2H3. The third-order valence-corrected chi connectivity index (χ3v) is 1.57. The number of primary amides is 1. The van der Waals surface area contributed by atoms with Crippen LogP contribution >= 0.6 is 0 Å². The average molecular weight is 232 g/mol. The topological polar surface area (TPSA) is 86.2 Å². The molecule has 0 aliphatic rings. The van der Waals surface area contributed by atoms with Crippen LogP contribution in [0.1, 0.15) is 60.3 Å². The van der Waals surface area contributed by atoms with Crippen LogP contribution < -0.4 is 11.5 Å². The SMILES string of the molecule is CC.CCCC(C)=O.CCCC(N)C(N)=O. The quantitative estimate of drug-likeness (QED) is 0.760. The molecule has 98 valence electrons. The van der Waals surface area contributed by atoms with Crippen LogP contribution in [0.3, 0.4) is 0 Å². The zero-order chi connectivity index (χ0) is 13.6. The fourth-order valence-electron chi connectivity index (χ4n) is 0.805. The Morgan fingerprint density at radius 3 is 1.62 bits per heavy atom. The molecule has 0 fully saturated rings. The van der Waals surface area contributed by atoms with Gasteiger partial charge in [0.05, 0.1) is 6.04 Å². The van der Waals surface area contributed by atoms with Crippen LogP contribution in [-0.4, -0.2) is 17.7 Å². The van der Waals surface area contributed by atoms with Gasteiger partial charge in [0, 0.05) is 6.42 Å². The van der Waals surface area contributed by atoms with Crippen LogP contribution in [0.2, 0.25) is 0 Å². The lowest BCUT2D eigenvalue weighted by Gasteiger charge is -2.01. The van der Waals surface area contributed by atoms with Gasteiger partial charge in [-0.1, -0.05) is 34.1 Å². The maximum Gasteiger partial charge on any atom is 0.234 e. The second-order valence-electron chi connectivity index (χ2n) is 3.25. The van der Waals surface area contributed by atoms with Gasteiger partial charge in [-0.3, -0.25) is 4.79 Å². The molecule has 4 N–H and O–H groups in total. The summed E-state index contributed by atoms with van der Waals surface area (Å²) in [5, 5.41) is 0. The average Bonchev–Trinajstić information content (AvgIpc) is 2.21. The van der Waals surface area contributed by atoms with Crippen molar-refractivity contribution in [2.45, 2.75) is 66.3 Å². The summed E-state index contributed by atoms with van der Waals surface area (Å²) in [4.78, 5) is 20.2. The Balaban J connectivity index is -0.000000188. The van der Waals surface area contributed by atoms with Crippen molar-refractivity contribution < 1.29 is 9.59 Å². The summed E-state index contributed by atoms with van der Waals surface area (Å²) >= 11 is 0.